The van der Waals surface area contributed by atoms with E-state index in [0.29, 0.717) is 96.6 Å². The van der Waals surface area contributed by atoms with Gasteiger partial charge in [-0.25, -0.2) is 9.59 Å². The van der Waals surface area contributed by atoms with E-state index in [4.69, 9.17) is 52.1 Å². The fourth-order valence-corrected chi connectivity index (χ4v) is 17.2. The highest BCUT2D eigenvalue weighted by atomic mass is 16.8. The molecule has 5 aliphatic rings. The number of unbranched alkanes of at least 4 members (excludes halogenated alkanes) is 35. The first-order chi connectivity index (χ1) is 62.2. The van der Waals surface area contributed by atoms with Gasteiger partial charge in [-0.05, 0) is 69.8 Å². The first kappa shape index (κ1) is 113. The minimum Gasteiger partial charge on any atom is -0.479 e. The normalized spacial score (nSPS) is 30.4. The number of rotatable bonds is 72. The molecule has 0 spiro atoms. The predicted molar refractivity (Wildman–Crippen MR) is 468 cm³/mol. The second-order valence-electron chi connectivity index (χ2n) is 35.9. The number of ketones is 1. The van der Waals surface area contributed by atoms with Gasteiger partial charge in [-0.1, -0.05) is 243 Å². The van der Waals surface area contributed by atoms with Crippen molar-refractivity contribution in [3.63, 3.8) is 0 Å². The average Bonchev–Trinajstić information content (AvgIpc) is 0.769. The molecule has 5 aliphatic heterocycles. The van der Waals surface area contributed by atoms with E-state index in [9.17, 15) is 116 Å². The minimum atomic E-state index is -2.30. The zero-order chi connectivity index (χ0) is 93.8. The number of ether oxygens (including phenoxy) is 11. The van der Waals surface area contributed by atoms with Crippen LogP contribution in [0, 0.1) is 0 Å². The number of aliphatic hydroxyl groups is 16. The Hall–Kier alpha value is -4.31. The first-order valence-electron chi connectivity index (χ1n) is 48.6. The van der Waals surface area contributed by atoms with Crippen molar-refractivity contribution in [2.45, 2.75) is 474 Å². The fraction of sp³-hybridized carbons (Fsp3) is 0.882. The summed E-state index contributed by atoms with van der Waals surface area (Å²) in [6.07, 6.45) is -6.25. The van der Waals surface area contributed by atoms with E-state index in [0.717, 1.165) is 51.4 Å². The molecule has 25 unspecified atom stereocenters. The summed E-state index contributed by atoms with van der Waals surface area (Å²) < 4.78 is 61.9. The van der Waals surface area contributed by atoms with Gasteiger partial charge in [-0.15, -0.1) is 0 Å². The summed E-state index contributed by atoms with van der Waals surface area (Å²) in [7, 11) is 0. The molecule has 0 aliphatic carbocycles. The predicted octanol–water partition coefficient (Wildman–Crippen LogP) is 5.01. The molecule has 5 saturated heterocycles. The van der Waals surface area contributed by atoms with Crippen LogP contribution in [0.1, 0.15) is 301 Å². The van der Waals surface area contributed by atoms with Gasteiger partial charge in [0.25, 0.3) is 0 Å². The van der Waals surface area contributed by atoms with Crippen LogP contribution < -0.4 is 10.6 Å². The van der Waals surface area contributed by atoms with E-state index in [1.807, 2.05) is 0 Å². The van der Waals surface area contributed by atoms with E-state index >= 15 is 0 Å². The van der Waals surface area contributed by atoms with E-state index < -0.39 is 197 Å². The van der Waals surface area contributed by atoms with Crippen molar-refractivity contribution in [3.8, 4) is 0 Å². The third kappa shape index (κ3) is 41.3. The number of nitrogens with one attached hydrogen (secondary N) is 2. The standard InChI is InChI=1S/C93H162N2O34/c1-2-3-4-5-6-7-8-18-21-24-27-38-50-63(99)69(102)62(95-68(101)52-39-28-25-22-19-16-14-12-10-9-11-13-15-17-20-23-26-34-45-60-46-35-33-36-47-60)58-121-90-76(109)71(104)70(103)66(124-90)59-119-54-43-32-30-42-53-94-67(100)51-41-40-49-61(98)48-37-29-31-44-55-120-89-78(111)74(107)82(64(56-96)122-89)126-93-81(114)84(80(113)86(129-93)88(117)118)127-91-79(112)75(108)83(65(57-97)123-91)125-92-77(110)72(105)73(106)85(128-92)87(115)116/h33,35-36,46-47,62-66,69-86,89-93,96-97,99,102-114H,2-32,34,37-45,48-59H2,1H3,(H,94,100)(H,95,101)(H,115,116)(H,117,118)/t62-,63+,64?,65?,66?,69-,70?,71?,72?,73?,74?,75?,76?,77?,78?,79?,80?,81?,82?,83?,84?,85?,86?,89?,90?,91?,92?,93?/m0/s1. The van der Waals surface area contributed by atoms with Gasteiger partial charge >= 0.3 is 11.9 Å². The molecule has 0 radical (unpaired) electrons. The zero-order valence-corrected chi connectivity index (χ0v) is 76.1. The number of amides is 2. The van der Waals surface area contributed by atoms with Gasteiger partial charge in [0, 0.05) is 45.4 Å². The van der Waals surface area contributed by atoms with Crippen molar-refractivity contribution >= 4 is 29.5 Å². The quantitative estimate of drug-likeness (QED) is 0.0381. The Labute approximate surface area is 761 Å². The van der Waals surface area contributed by atoms with Crippen LogP contribution in [0.25, 0.3) is 0 Å². The molecule has 28 atom stereocenters. The second kappa shape index (κ2) is 65.4. The number of aliphatic hydroxyl groups excluding tert-OH is 16. The lowest BCUT2D eigenvalue weighted by molar-refractivity contribution is -0.385. The van der Waals surface area contributed by atoms with Gasteiger partial charge < -0.3 is 155 Å². The highest BCUT2D eigenvalue weighted by molar-refractivity contribution is 5.79. The van der Waals surface area contributed by atoms with Crippen molar-refractivity contribution in [1.29, 1.82) is 0 Å². The molecule has 2 amide bonds. The lowest BCUT2D eigenvalue weighted by atomic mass is 9.95. The van der Waals surface area contributed by atoms with Gasteiger partial charge in [0.15, 0.2) is 43.7 Å². The van der Waals surface area contributed by atoms with E-state index in [-0.39, 0.29) is 50.3 Å². The average molecular weight is 1850 g/mol. The number of aryl methyl sites for hydroxylation is 1. The molecule has 5 fully saturated rings. The third-order valence-electron chi connectivity index (χ3n) is 25.3. The molecule has 0 aromatic heterocycles. The van der Waals surface area contributed by atoms with Gasteiger partial charge in [-0.2, -0.15) is 0 Å². The van der Waals surface area contributed by atoms with Gasteiger partial charge in [0.2, 0.25) is 11.8 Å². The van der Waals surface area contributed by atoms with Crippen LogP contribution in [0.15, 0.2) is 30.3 Å². The summed E-state index contributed by atoms with van der Waals surface area (Å²) in [5.41, 5.74) is 1.44. The minimum absolute atomic E-state index is 0.0107. The molecule has 6 rings (SSSR count). The van der Waals surface area contributed by atoms with Gasteiger partial charge in [0.1, 0.15) is 122 Å². The molecule has 748 valence electrons. The summed E-state index contributed by atoms with van der Waals surface area (Å²) in [4.78, 5) is 62.8. The molecular weight excluding hydrogens is 1690 g/mol. The van der Waals surface area contributed by atoms with Crippen molar-refractivity contribution in [2.75, 3.05) is 46.2 Å². The molecule has 1 aromatic rings. The van der Waals surface area contributed by atoms with Crippen LogP contribution in [0.5, 0.6) is 0 Å². The van der Waals surface area contributed by atoms with Gasteiger partial charge in [0.05, 0.1) is 38.6 Å². The Morgan fingerprint density at radius 2 is 0.767 bits per heavy atom. The van der Waals surface area contributed by atoms with E-state index in [1.165, 1.54) is 153 Å². The van der Waals surface area contributed by atoms with Crippen LogP contribution >= 0.6 is 0 Å². The smallest absolute Gasteiger partial charge is 0.335 e. The number of carboxylic acids is 2. The third-order valence-corrected chi connectivity index (χ3v) is 25.3. The van der Waals surface area contributed by atoms with Crippen LogP contribution in [0.4, 0.5) is 0 Å². The van der Waals surface area contributed by atoms with E-state index in [2.05, 4.69) is 47.9 Å². The number of aliphatic carboxylic acids is 2. The van der Waals surface area contributed by atoms with Crippen LogP contribution in [-0.2, 0) is 82.5 Å². The number of carboxylic acid groups (broad SMARTS) is 2. The fourth-order valence-electron chi connectivity index (χ4n) is 17.2. The largest absolute Gasteiger partial charge is 0.479 e. The Morgan fingerprint density at radius 3 is 1.31 bits per heavy atom. The molecule has 0 saturated carbocycles. The SMILES string of the molecule is CCCCCCCCCCCCCC[C@@H](O)[C@@H](O)[C@H](COC1OC(COCCCCCCNC(=O)CCCCC(=O)CCCCCCOC2OC(CO)C(OC3OC(C(=O)O)C(O)C(OC4OC(CO)C(OC5OC(C(=O)O)C(O)C(O)C5O)C(O)C4O)C3O)C(O)C2O)C(O)C(O)C1O)NC(=O)CCCCCCCCCCCCCCCCCCCCc1ccccc1. The topological polar surface area (TPSA) is 575 Å². The van der Waals surface area contributed by atoms with Crippen molar-refractivity contribution in [2.24, 2.45) is 0 Å². The number of carbonyl (C=O) groups is 5. The molecule has 36 heteroatoms. The highest BCUT2D eigenvalue weighted by Gasteiger charge is 2.57. The van der Waals surface area contributed by atoms with Crippen LogP contribution in [-0.4, -0.2) is 339 Å². The molecular formula is C93H162N2O34. The molecule has 1 aromatic carbocycles. The Balaban J connectivity index is 0.791. The summed E-state index contributed by atoms with van der Waals surface area (Å²) in [5, 5.41) is 199. The van der Waals surface area contributed by atoms with E-state index in [1.54, 1.807) is 0 Å². The van der Waals surface area contributed by atoms with Crippen LogP contribution in [0.3, 0.4) is 0 Å². The zero-order valence-electron chi connectivity index (χ0n) is 76.1. The Bertz CT molecular complexity index is 3100. The summed E-state index contributed by atoms with van der Waals surface area (Å²) in [6, 6.07) is 9.70. The molecule has 36 nitrogen and oxygen atoms in total. The lowest BCUT2D eigenvalue weighted by Crippen LogP contribution is -2.68. The summed E-state index contributed by atoms with van der Waals surface area (Å²) >= 11 is 0. The maximum atomic E-state index is 13.5. The number of carbonyl (C=O) groups excluding carboxylic acids is 3. The maximum Gasteiger partial charge on any atom is 0.335 e. The molecule has 0 bridgehead atoms. The molecule has 20 N–H and O–H groups in total. The van der Waals surface area contributed by atoms with Crippen molar-refractivity contribution in [1.82, 2.24) is 10.6 Å². The number of benzene rings is 1. The Morgan fingerprint density at radius 1 is 0.372 bits per heavy atom. The van der Waals surface area contributed by atoms with Crippen molar-refractivity contribution in [3.05, 3.63) is 35.9 Å². The molecule has 5 heterocycles. The summed E-state index contributed by atoms with van der Waals surface area (Å²) in [5.74, 6) is -4.00. The highest BCUT2D eigenvalue weighted by Crippen LogP contribution is 2.36. The summed E-state index contributed by atoms with van der Waals surface area (Å²) in [6.45, 7) is 0.510. The number of hydrogen-bond acceptors (Lipinski definition) is 32. The number of hydrogen-bond donors (Lipinski definition) is 20. The number of Topliss-reactive ketones (excluding diaryl/α,β-unsaturated/α-hetero) is 1. The van der Waals surface area contributed by atoms with Crippen LogP contribution in [0.2, 0.25) is 0 Å². The van der Waals surface area contributed by atoms with Gasteiger partial charge in [-0.3, -0.25) is 14.4 Å². The maximum absolute atomic E-state index is 13.5. The first-order valence-corrected chi connectivity index (χ1v) is 48.6. The second-order valence-corrected chi connectivity index (χ2v) is 35.9. The monoisotopic (exact) mass is 1850 g/mol. The lowest BCUT2D eigenvalue weighted by Gasteiger charge is -2.48. The Kier molecular flexibility index (Phi) is 57.5. The van der Waals surface area contributed by atoms with Crippen molar-refractivity contribution < 1.29 is 168 Å². The molecule has 129 heavy (non-hydrogen) atoms.